The first-order valence-electron chi connectivity index (χ1n) is 8.76. The number of likely N-dealkylation sites (N-methyl/N-ethyl adjacent to an activating group) is 1. The lowest BCUT2D eigenvalue weighted by Gasteiger charge is -2.49. The van der Waals surface area contributed by atoms with Crippen LogP contribution in [0.5, 0.6) is 0 Å². The predicted molar refractivity (Wildman–Crippen MR) is 99.9 cm³/mol. The SMILES string of the molecule is CC(N(C)C)C1(c2ccc(Cl)cc2)CCC1.CCCC(C)C. The first kappa shape index (κ1) is 19.5. The molecule has 2 rings (SSSR count). The minimum absolute atomic E-state index is 0.355. The second kappa shape index (κ2) is 8.93. The van der Waals surface area contributed by atoms with E-state index in [0.29, 0.717) is 11.5 Å². The summed E-state index contributed by atoms with van der Waals surface area (Å²) in [6.45, 7) is 9.06. The zero-order chi connectivity index (χ0) is 16.8. The third-order valence-electron chi connectivity index (χ3n) is 5.11. The third-order valence-corrected chi connectivity index (χ3v) is 5.36. The topological polar surface area (TPSA) is 3.24 Å². The van der Waals surface area contributed by atoms with E-state index in [0.717, 1.165) is 10.9 Å². The van der Waals surface area contributed by atoms with Gasteiger partial charge >= 0.3 is 0 Å². The lowest BCUT2D eigenvalue weighted by Crippen LogP contribution is -2.50. The number of halogens is 1. The van der Waals surface area contributed by atoms with Gasteiger partial charge in [-0.25, -0.2) is 0 Å². The number of nitrogens with zero attached hydrogens (tertiary/aromatic N) is 1. The fourth-order valence-electron chi connectivity index (χ4n) is 3.36. The average molecular weight is 324 g/mol. The molecule has 22 heavy (non-hydrogen) atoms. The number of benzene rings is 1. The van der Waals surface area contributed by atoms with Gasteiger partial charge in [-0.05, 0) is 57.5 Å². The van der Waals surface area contributed by atoms with E-state index in [4.69, 9.17) is 11.6 Å². The Morgan fingerprint density at radius 2 is 1.64 bits per heavy atom. The fraction of sp³-hybridized carbons (Fsp3) is 0.700. The van der Waals surface area contributed by atoms with Gasteiger partial charge in [-0.3, -0.25) is 0 Å². The molecule has 1 aliphatic carbocycles. The summed E-state index contributed by atoms with van der Waals surface area (Å²) in [5.41, 5.74) is 1.80. The van der Waals surface area contributed by atoms with Crippen molar-refractivity contribution in [2.24, 2.45) is 5.92 Å². The summed E-state index contributed by atoms with van der Waals surface area (Å²) >= 11 is 5.95. The van der Waals surface area contributed by atoms with Crippen LogP contribution >= 0.6 is 11.6 Å². The number of hydrogen-bond acceptors (Lipinski definition) is 1. The van der Waals surface area contributed by atoms with Crippen molar-refractivity contribution in [1.82, 2.24) is 4.90 Å². The maximum atomic E-state index is 5.95. The first-order valence-corrected chi connectivity index (χ1v) is 9.13. The molecule has 2 heteroatoms. The van der Waals surface area contributed by atoms with Crippen LogP contribution in [0.1, 0.15) is 65.4 Å². The van der Waals surface area contributed by atoms with Crippen LogP contribution in [0, 0.1) is 5.92 Å². The Kier molecular flexibility index (Phi) is 7.93. The monoisotopic (exact) mass is 323 g/mol. The van der Waals surface area contributed by atoms with Crippen molar-refractivity contribution in [3.05, 3.63) is 34.9 Å². The molecule has 0 spiro atoms. The summed E-state index contributed by atoms with van der Waals surface area (Å²) in [6, 6.07) is 9.00. The summed E-state index contributed by atoms with van der Waals surface area (Å²) < 4.78 is 0. The van der Waals surface area contributed by atoms with Crippen LogP contribution in [-0.4, -0.2) is 25.0 Å². The van der Waals surface area contributed by atoms with E-state index < -0.39 is 0 Å². The molecule has 1 aromatic rings. The molecule has 1 fully saturated rings. The van der Waals surface area contributed by atoms with Crippen molar-refractivity contribution >= 4 is 11.6 Å². The highest BCUT2D eigenvalue weighted by molar-refractivity contribution is 6.30. The largest absolute Gasteiger partial charge is 0.306 e. The Balaban J connectivity index is 0.000000346. The van der Waals surface area contributed by atoms with E-state index in [-0.39, 0.29) is 0 Å². The minimum Gasteiger partial charge on any atom is -0.306 e. The molecule has 126 valence electrons. The molecule has 0 N–H and O–H groups in total. The van der Waals surface area contributed by atoms with Crippen LogP contribution in [0.15, 0.2) is 24.3 Å². The number of rotatable bonds is 5. The molecule has 1 nitrogen and oxygen atoms in total. The Morgan fingerprint density at radius 1 is 1.09 bits per heavy atom. The molecular weight excluding hydrogens is 290 g/mol. The maximum Gasteiger partial charge on any atom is 0.0406 e. The molecular formula is C20H34ClN. The van der Waals surface area contributed by atoms with E-state index in [1.165, 1.54) is 37.7 Å². The average Bonchev–Trinajstić information content (AvgIpc) is 2.40. The fourth-order valence-corrected chi connectivity index (χ4v) is 3.48. The van der Waals surface area contributed by atoms with Gasteiger partial charge in [-0.2, -0.15) is 0 Å². The van der Waals surface area contributed by atoms with Crippen molar-refractivity contribution in [3.63, 3.8) is 0 Å². The zero-order valence-electron chi connectivity index (χ0n) is 15.3. The Morgan fingerprint density at radius 3 is 1.91 bits per heavy atom. The second-order valence-corrected chi connectivity index (χ2v) is 7.78. The molecule has 0 radical (unpaired) electrons. The molecule has 0 heterocycles. The molecule has 1 atom stereocenters. The quantitative estimate of drug-likeness (QED) is 0.627. The smallest absolute Gasteiger partial charge is 0.0406 e. The van der Waals surface area contributed by atoms with Gasteiger partial charge in [0, 0.05) is 16.5 Å². The minimum atomic E-state index is 0.355. The highest BCUT2D eigenvalue weighted by Crippen LogP contribution is 2.47. The molecule has 0 aliphatic heterocycles. The van der Waals surface area contributed by atoms with Gasteiger partial charge in [0.2, 0.25) is 0 Å². The van der Waals surface area contributed by atoms with Crippen LogP contribution in [0.25, 0.3) is 0 Å². The Labute approximate surface area is 143 Å². The molecule has 1 aliphatic rings. The molecule has 0 saturated heterocycles. The molecule has 0 bridgehead atoms. The summed E-state index contributed by atoms with van der Waals surface area (Å²) in [5, 5.41) is 0.829. The highest BCUT2D eigenvalue weighted by atomic mass is 35.5. The van der Waals surface area contributed by atoms with Crippen molar-refractivity contribution in [2.75, 3.05) is 14.1 Å². The van der Waals surface area contributed by atoms with Gasteiger partial charge in [0.05, 0.1) is 0 Å². The van der Waals surface area contributed by atoms with Gasteiger partial charge in [-0.1, -0.05) is 63.8 Å². The van der Waals surface area contributed by atoms with Crippen molar-refractivity contribution in [1.29, 1.82) is 0 Å². The lowest BCUT2D eigenvalue weighted by molar-refractivity contribution is 0.109. The van der Waals surface area contributed by atoms with Crippen molar-refractivity contribution < 1.29 is 0 Å². The van der Waals surface area contributed by atoms with E-state index in [2.05, 4.69) is 58.8 Å². The summed E-state index contributed by atoms with van der Waals surface area (Å²) in [4.78, 5) is 2.33. The summed E-state index contributed by atoms with van der Waals surface area (Å²) in [7, 11) is 4.33. The third kappa shape index (κ3) is 4.99. The molecule has 0 amide bonds. The summed E-state index contributed by atoms with van der Waals surface area (Å²) in [5.74, 6) is 0.898. The zero-order valence-corrected chi connectivity index (χ0v) is 16.1. The molecule has 1 aromatic carbocycles. The van der Waals surface area contributed by atoms with Gasteiger partial charge in [0.15, 0.2) is 0 Å². The lowest BCUT2D eigenvalue weighted by atomic mass is 9.60. The van der Waals surface area contributed by atoms with Gasteiger partial charge in [-0.15, -0.1) is 0 Å². The first-order chi connectivity index (χ1) is 10.3. The molecule has 1 saturated carbocycles. The van der Waals surface area contributed by atoms with Crippen LogP contribution < -0.4 is 0 Å². The van der Waals surface area contributed by atoms with E-state index in [9.17, 15) is 0 Å². The van der Waals surface area contributed by atoms with E-state index in [1.54, 1.807) is 0 Å². The van der Waals surface area contributed by atoms with Crippen LogP contribution in [0.2, 0.25) is 5.02 Å². The molecule has 1 unspecified atom stereocenters. The predicted octanol–water partition coefficient (Wildman–Crippen LogP) is 6.15. The van der Waals surface area contributed by atoms with Crippen molar-refractivity contribution in [3.8, 4) is 0 Å². The van der Waals surface area contributed by atoms with E-state index in [1.807, 2.05) is 12.1 Å². The highest BCUT2D eigenvalue weighted by Gasteiger charge is 2.44. The second-order valence-electron chi connectivity index (χ2n) is 7.34. The normalized spacial score (nSPS) is 17.7. The molecule has 0 aromatic heterocycles. The van der Waals surface area contributed by atoms with E-state index >= 15 is 0 Å². The van der Waals surface area contributed by atoms with Crippen molar-refractivity contribution in [2.45, 2.75) is 71.3 Å². The summed E-state index contributed by atoms with van der Waals surface area (Å²) in [6.07, 6.45) is 6.65. The standard InChI is InChI=1S/C14H20ClN.C6H14/c1-11(16(2)3)14(9-4-10-14)12-5-7-13(15)8-6-12;1-4-5-6(2)3/h5-8,11H,4,9-10H2,1-3H3;6H,4-5H2,1-3H3. The van der Waals surface area contributed by atoms with Crippen LogP contribution in [-0.2, 0) is 5.41 Å². The van der Waals surface area contributed by atoms with Crippen LogP contribution in [0.3, 0.4) is 0 Å². The van der Waals surface area contributed by atoms with Crippen LogP contribution in [0.4, 0.5) is 0 Å². The maximum absolute atomic E-state index is 5.95. The Hall–Kier alpha value is -0.530. The number of hydrogen-bond donors (Lipinski definition) is 0. The van der Waals surface area contributed by atoms with Gasteiger partial charge in [0.25, 0.3) is 0 Å². The van der Waals surface area contributed by atoms with Gasteiger partial charge < -0.3 is 4.90 Å². The Bertz CT molecular complexity index is 418. The van der Waals surface area contributed by atoms with Gasteiger partial charge in [0.1, 0.15) is 0 Å².